The first-order chi connectivity index (χ1) is 5.54. The molecule has 1 rings (SSSR count). The normalized spacial score (nSPS) is 10.8. The van der Waals surface area contributed by atoms with Gasteiger partial charge in [0.05, 0.1) is 17.6 Å². The maximum atomic E-state index is 12.9. The molecule has 0 aliphatic rings. The van der Waals surface area contributed by atoms with Crippen LogP contribution < -0.4 is 5.73 Å². The van der Waals surface area contributed by atoms with E-state index in [0.717, 1.165) is 5.69 Å². The van der Waals surface area contributed by atoms with Crippen molar-refractivity contribution in [2.75, 3.05) is 5.73 Å². The summed E-state index contributed by atoms with van der Waals surface area (Å²) in [6.45, 7) is 5.63. The molecule has 0 unspecified atom stereocenters. The Hall–Kier alpha value is -1.12. The Balaban J connectivity index is 3.27. The minimum absolute atomic E-state index is 0.240. The molecular formula is C9H13FN2. The first-order valence-corrected chi connectivity index (χ1v) is 3.94. The molecule has 0 bridgehead atoms. The van der Waals surface area contributed by atoms with Crippen LogP contribution in [0.2, 0.25) is 0 Å². The topological polar surface area (TPSA) is 38.9 Å². The fraction of sp³-hybridized carbons (Fsp3) is 0.444. The van der Waals surface area contributed by atoms with Gasteiger partial charge in [-0.25, -0.2) is 4.39 Å². The number of hydrogen-bond donors (Lipinski definition) is 1. The lowest BCUT2D eigenvalue weighted by Crippen LogP contribution is -2.03. The average Bonchev–Trinajstić information content (AvgIpc) is 2.00. The molecule has 2 N–H and O–H groups in total. The summed E-state index contributed by atoms with van der Waals surface area (Å²) in [5.74, 6) is -0.0961. The van der Waals surface area contributed by atoms with Crippen LogP contribution in [0.3, 0.4) is 0 Å². The standard InChI is InChI=1S/C9H13FN2/c1-5(2)9-8(11)6(3)7(10)4-12-9/h4-5H,11H2,1-3H3. The molecule has 0 aliphatic carbocycles. The van der Waals surface area contributed by atoms with Crippen molar-refractivity contribution in [3.05, 3.63) is 23.3 Å². The number of anilines is 1. The van der Waals surface area contributed by atoms with Crippen LogP contribution in [0.15, 0.2) is 6.20 Å². The number of nitrogens with two attached hydrogens (primary N) is 1. The molecule has 1 aromatic heterocycles. The predicted molar refractivity (Wildman–Crippen MR) is 47.4 cm³/mol. The molecule has 0 atom stereocenters. The highest BCUT2D eigenvalue weighted by Gasteiger charge is 2.10. The van der Waals surface area contributed by atoms with Gasteiger partial charge < -0.3 is 5.73 Å². The number of nitrogen functional groups attached to an aromatic ring is 1. The van der Waals surface area contributed by atoms with Gasteiger partial charge in [-0.2, -0.15) is 0 Å². The van der Waals surface area contributed by atoms with Gasteiger partial charge in [-0.15, -0.1) is 0 Å². The van der Waals surface area contributed by atoms with Crippen molar-refractivity contribution in [3.8, 4) is 0 Å². The zero-order chi connectivity index (χ0) is 9.30. The van der Waals surface area contributed by atoms with Gasteiger partial charge in [-0.05, 0) is 12.8 Å². The number of nitrogens with zero attached hydrogens (tertiary/aromatic N) is 1. The molecule has 12 heavy (non-hydrogen) atoms. The van der Waals surface area contributed by atoms with Gasteiger partial charge in [-0.3, -0.25) is 4.98 Å². The highest BCUT2D eigenvalue weighted by molar-refractivity contribution is 5.51. The molecule has 0 saturated heterocycles. The zero-order valence-corrected chi connectivity index (χ0v) is 7.56. The van der Waals surface area contributed by atoms with Gasteiger partial charge in [0, 0.05) is 5.56 Å². The maximum absolute atomic E-state index is 12.9. The summed E-state index contributed by atoms with van der Waals surface area (Å²) in [4.78, 5) is 3.94. The lowest BCUT2D eigenvalue weighted by Gasteiger charge is -2.10. The minimum Gasteiger partial charge on any atom is -0.397 e. The second-order valence-electron chi connectivity index (χ2n) is 3.18. The van der Waals surface area contributed by atoms with E-state index in [1.165, 1.54) is 6.20 Å². The lowest BCUT2D eigenvalue weighted by atomic mass is 10.1. The Kier molecular flexibility index (Phi) is 2.31. The highest BCUT2D eigenvalue weighted by Crippen LogP contribution is 2.23. The third kappa shape index (κ3) is 1.40. The summed E-state index contributed by atoms with van der Waals surface area (Å²) in [7, 11) is 0. The molecule has 0 aromatic carbocycles. The number of halogens is 1. The molecule has 3 heteroatoms. The Morgan fingerprint density at radius 3 is 2.58 bits per heavy atom. The highest BCUT2D eigenvalue weighted by atomic mass is 19.1. The number of rotatable bonds is 1. The number of hydrogen-bond acceptors (Lipinski definition) is 2. The molecule has 0 spiro atoms. The number of pyridine rings is 1. The monoisotopic (exact) mass is 168 g/mol. The zero-order valence-electron chi connectivity index (χ0n) is 7.56. The SMILES string of the molecule is Cc1c(F)cnc(C(C)C)c1N. The fourth-order valence-corrected chi connectivity index (χ4v) is 1.07. The Labute approximate surface area is 71.6 Å². The summed E-state index contributed by atoms with van der Waals surface area (Å²) >= 11 is 0. The van der Waals surface area contributed by atoms with Gasteiger partial charge in [0.1, 0.15) is 5.82 Å². The van der Waals surface area contributed by atoms with E-state index in [1.54, 1.807) is 6.92 Å². The first-order valence-electron chi connectivity index (χ1n) is 3.94. The van der Waals surface area contributed by atoms with Gasteiger partial charge in [0.25, 0.3) is 0 Å². The van der Waals surface area contributed by atoms with E-state index < -0.39 is 0 Å². The van der Waals surface area contributed by atoms with Crippen LogP contribution in [0.1, 0.15) is 31.0 Å². The van der Waals surface area contributed by atoms with E-state index in [-0.39, 0.29) is 11.7 Å². The molecule has 2 nitrogen and oxygen atoms in total. The van der Waals surface area contributed by atoms with Crippen molar-refractivity contribution in [2.45, 2.75) is 26.7 Å². The van der Waals surface area contributed by atoms with Crippen molar-refractivity contribution < 1.29 is 4.39 Å². The van der Waals surface area contributed by atoms with Crippen LogP contribution in [0.4, 0.5) is 10.1 Å². The molecule has 1 aromatic rings. The smallest absolute Gasteiger partial charge is 0.146 e. The van der Waals surface area contributed by atoms with E-state index in [2.05, 4.69) is 4.98 Å². The van der Waals surface area contributed by atoms with Gasteiger partial charge in [-0.1, -0.05) is 13.8 Å². The molecule has 0 fully saturated rings. The van der Waals surface area contributed by atoms with Crippen molar-refractivity contribution in [1.29, 1.82) is 0 Å². The summed E-state index contributed by atoms with van der Waals surface area (Å²) in [6, 6.07) is 0. The van der Waals surface area contributed by atoms with Crippen molar-refractivity contribution >= 4 is 5.69 Å². The van der Waals surface area contributed by atoms with Crippen LogP contribution in [0.25, 0.3) is 0 Å². The Morgan fingerprint density at radius 2 is 2.08 bits per heavy atom. The maximum Gasteiger partial charge on any atom is 0.146 e. The van der Waals surface area contributed by atoms with E-state index in [1.807, 2.05) is 13.8 Å². The summed E-state index contributed by atoms with van der Waals surface area (Å²) in [5.41, 5.74) is 7.43. The third-order valence-corrected chi connectivity index (χ3v) is 1.90. The van der Waals surface area contributed by atoms with E-state index in [9.17, 15) is 4.39 Å². The van der Waals surface area contributed by atoms with Crippen LogP contribution in [0, 0.1) is 12.7 Å². The fourth-order valence-electron chi connectivity index (χ4n) is 1.07. The molecular weight excluding hydrogens is 155 g/mol. The van der Waals surface area contributed by atoms with E-state index in [4.69, 9.17) is 5.73 Å². The molecule has 0 saturated carbocycles. The summed E-state index contributed by atoms with van der Waals surface area (Å²) in [6.07, 6.45) is 1.22. The Morgan fingerprint density at radius 1 is 1.50 bits per heavy atom. The van der Waals surface area contributed by atoms with Crippen LogP contribution in [0.5, 0.6) is 0 Å². The van der Waals surface area contributed by atoms with Crippen LogP contribution in [-0.4, -0.2) is 4.98 Å². The molecule has 0 amide bonds. The van der Waals surface area contributed by atoms with Gasteiger partial charge in [0.15, 0.2) is 0 Å². The van der Waals surface area contributed by atoms with E-state index >= 15 is 0 Å². The van der Waals surface area contributed by atoms with Crippen LogP contribution >= 0.6 is 0 Å². The predicted octanol–water partition coefficient (Wildman–Crippen LogP) is 2.23. The van der Waals surface area contributed by atoms with Crippen LogP contribution in [-0.2, 0) is 0 Å². The Bertz CT molecular complexity index is 295. The van der Waals surface area contributed by atoms with Crippen molar-refractivity contribution in [1.82, 2.24) is 4.98 Å². The summed E-state index contributed by atoms with van der Waals surface area (Å²) in [5, 5.41) is 0. The average molecular weight is 168 g/mol. The molecule has 0 aliphatic heterocycles. The molecule has 0 radical (unpaired) electrons. The van der Waals surface area contributed by atoms with Crippen molar-refractivity contribution in [3.63, 3.8) is 0 Å². The quantitative estimate of drug-likeness (QED) is 0.698. The second kappa shape index (κ2) is 3.09. The van der Waals surface area contributed by atoms with Crippen molar-refractivity contribution in [2.24, 2.45) is 0 Å². The third-order valence-electron chi connectivity index (χ3n) is 1.90. The number of aromatic nitrogens is 1. The summed E-state index contributed by atoms with van der Waals surface area (Å²) < 4.78 is 12.9. The lowest BCUT2D eigenvalue weighted by molar-refractivity contribution is 0.609. The first kappa shape index (κ1) is 8.97. The molecule has 1 heterocycles. The van der Waals surface area contributed by atoms with Gasteiger partial charge >= 0.3 is 0 Å². The minimum atomic E-state index is -0.336. The van der Waals surface area contributed by atoms with E-state index in [0.29, 0.717) is 11.3 Å². The second-order valence-corrected chi connectivity index (χ2v) is 3.18. The largest absolute Gasteiger partial charge is 0.397 e. The molecule has 66 valence electrons. The van der Waals surface area contributed by atoms with Gasteiger partial charge in [0.2, 0.25) is 0 Å².